The van der Waals surface area contributed by atoms with Gasteiger partial charge in [-0.05, 0) is 55.7 Å². The van der Waals surface area contributed by atoms with Gasteiger partial charge in [0.15, 0.2) is 0 Å². The Morgan fingerprint density at radius 3 is 2.48 bits per heavy atom. The maximum Gasteiger partial charge on any atom is 0.225 e. The molecule has 0 unspecified atom stereocenters. The van der Waals surface area contributed by atoms with Crippen molar-refractivity contribution in [3.05, 3.63) is 76.7 Å². The number of nitrogens with one attached hydrogen (secondary N) is 2. The summed E-state index contributed by atoms with van der Waals surface area (Å²) in [4.78, 5) is 8.94. The van der Waals surface area contributed by atoms with Crippen LogP contribution < -0.4 is 10.6 Å². The molecule has 0 saturated heterocycles. The summed E-state index contributed by atoms with van der Waals surface area (Å²) in [7, 11) is 0. The third kappa shape index (κ3) is 4.32. The largest absolute Gasteiger partial charge is 0.350 e. The van der Waals surface area contributed by atoms with Crippen LogP contribution in [0, 0.1) is 26.6 Å². The topological polar surface area (TPSA) is 49.8 Å². The van der Waals surface area contributed by atoms with E-state index in [1.54, 1.807) is 12.1 Å². The molecule has 0 amide bonds. The number of aryl methyl sites for hydroxylation is 2. The van der Waals surface area contributed by atoms with Crippen LogP contribution in [0.2, 0.25) is 0 Å². The Kier molecular flexibility index (Phi) is 4.93. The molecule has 0 fully saturated rings. The Labute approximate surface area is 147 Å². The van der Waals surface area contributed by atoms with Gasteiger partial charge in [-0.2, -0.15) is 4.98 Å². The Bertz CT molecular complexity index is 875. The minimum absolute atomic E-state index is 0.240. The molecule has 5 heteroatoms. The molecule has 2 aromatic carbocycles. The maximum absolute atomic E-state index is 13.0. The molecule has 0 aliphatic rings. The molecule has 0 aliphatic heterocycles. The van der Waals surface area contributed by atoms with E-state index in [-0.39, 0.29) is 5.82 Å². The van der Waals surface area contributed by atoms with Crippen LogP contribution in [0.1, 0.15) is 22.4 Å². The maximum atomic E-state index is 13.0. The first-order valence-electron chi connectivity index (χ1n) is 8.18. The standard InChI is InChI=1S/C20H21FN4/c1-13-5-4-6-18(15(13)3)24-19-11-14(2)23-20(25-19)22-12-16-7-9-17(21)10-8-16/h4-11H,12H2,1-3H3,(H2,22,23,24,25). The second-order valence-corrected chi connectivity index (χ2v) is 6.07. The second kappa shape index (κ2) is 7.30. The summed E-state index contributed by atoms with van der Waals surface area (Å²) in [6.07, 6.45) is 0. The van der Waals surface area contributed by atoms with Gasteiger partial charge in [0, 0.05) is 24.0 Å². The first-order chi connectivity index (χ1) is 12.0. The van der Waals surface area contributed by atoms with Crippen LogP contribution in [0.5, 0.6) is 0 Å². The van der Waals surface area contributed by atoms with Crippen LogP contribution in [0.15, 0.2) is 48.5 Å². The van der Waals surface area contributed by atoms with Crippen molar-refractivity contribution >= 4 is 17.5 Å². The summed E-state index contributed by atoms with van der Waals surface area (Å²) < 4.78 is 13.0. The molecule has 0 radical (unpaired) electrons. The molecule has 0 bridgehead atoms. The zero-order valence-electron chi connectivity index (χ0n) is 14.6. The average Bonchev–Trinajstić information content (AvgIpc) is 2.58. The lowest BCUT2D eigenvalue weighted by Crippen LogP contribution is -2.06. The van der Waals surface area contributed by atoms with E-state index in [9.17, 15) is 4.39 Å². The van der Waals surface area contributed by atoms with E-state index in [4.69, 9.17) is 0 Å². The molecule has 1 heterocycles. The number of rotatable bonds is 5. The number of aromatic nitrogens is 2. The normalized spacial score (nSPS) is 10.6. The molecule has 0 saturated carbocycles. The van der Waals surface area contributed by atoms with Gasteiger partial charge in [0.05, 0.1) is 0 Å². The molecule has 4 nitrogen and oxygen atoms in total. The zero-order valence-corrected chi connectivity index (χ0v) is 14.6. The molecule has 1 aromatic heterocycles. The van der Waals surface area contributed by atoms with Crippen molar-refractivity contribution in [1.29, 1.82) is 0 Å². The number of halogens is 1. The van der Waals surface area contributed by atoms with Gasteiger partial charge in [0.1, 0.15) is 11.6 Å². The van der Waals surface area contributed by atoms with Gasteiger partial charge in [-0.15, -0.1) is 0 Å². The average molecular weight is 336 g/mol. The highest BCUT2D eigenvalue weighted by molar-refractivity contribution is 5.62. The fraction of sp³-hybridized carbons (Fsp3) is 0.200. The highest BCUT2D eigenvalue weighted by Crippen LogP contribution is 2.22. The minimum atomic E-state index is -0.240. The van der Waals surface area contributed by atoms with Crippen molar-refractivity contribution in [3.63, 3.8) is 0 Å². The van der Waals surface area contributed by atoms with Gasteiger partial charge in [0.25, 0.3) is 0 Å². The van der Waals surface area contributed by atoms with Gasteiger partial charge < -0.3 is 10.6 Å². The van der Waals surface area contributed by atoms with E-state index in [1.165, 1.54) is 23.3 Å². The Hall–Kier alpha value is -2.95. The summed E-state index contributed by atoms with van der Waals surface area (Å²) >= 11 is 0. The molecule has 3 aromatic rings. The molecule has 25 heavy (non-hydrogen) atoms. The fourth-order valence-corrected chi connectivity index (χ4v) is 2.52. The summed E-state index contributed by atoms with van der Waals surface area (Å²) in [6.45, 7) is 6.63. The molecular weight excluding hydrogens is 315 g/mol. The fourth-order valence-electron chi connectivity index (χ4n) is 2.52. The van der Waals surface area contributed by atoms with Crippen molar-refractivity contribution in [3.8, 4) is 0 Å². The molecular formula is C20H21FN4. The van der Waals surface area contributed by atoms with E-state index in [0.717, 1.165) is 22.8 Å². The van der Waals surface area contributed by atoms with Crippen LogP contribution in [0.25, 0.3) is 0 Å². The van der Waals surface area contributed by atoms with Crippen molar-refractivity contribution in [2.75, 3.05) is 10.6 Å². The summed E-state index contributed by atoms with van der Waals surface area (Å²) in [5.41, 5.74) is 5.28. The second-order valence-electron chi connectivity index (χ2n) is 6.07. The van der Waals surface area contributed by atoms with Gasteiger partial charge in [-0.1, -0.05) is 24.3 Å². The third-order valence-electron chi connectivity index (χ3n) is 4.09. The smallest absolute Gasteiger partial charge is 0.225 e. The predicted molar refractivity (Wildman–Crippen MR) is 99.7 cm³/mol. The summed E-state index contributed by atoms with van der Waals surface area (Å²) in [6, 6.07) is 14.4. The van der Waals surface area contributed by atoms with E-state index in [0.29, 0.717) is 12.5 Å². The number of hydrogen-bond donors (Lipinski definition) is 2. The Balaban J connectivity index is 1.76. The van der Waals surface area contributed by atoms with Gasteiger partial charge in [-0.25, -0.2) is 9.37 Å². The van der Waals surface area contributed by atoms with Crippen LogP contribution in [-0.4, -0.2) is 9.97 Å². The lowest BCUT2D eigenvalue weighted by Gasteiger charge is -2.13. The quantitative estimate of drug-likeness (QED) is 0.696. The molecule has 0 spiro atoms. The van der Waals surface area contributed by atoms with Crippen LogP contribution in [-0.2, 0) is 6.54 Å². The number of nitrogens with zero attached hydrogens (tertiary/aromatic N) is 2. The number of benzene rings is 2. The highest BCUT2D eigenvalue weighted by Gasteiger charge is 2.06. The third-order valence-corrected chi connectivity index (χ3v) is 4.09. The van der Waals surface area contributed by atoms with Crippen molar-refractivity contribution in [2.45, 2.75) is 27.3 Å². The molecule has 3 rings (SSSR count). The van der Waals surface area contributed by atoms with Gasteiger partial charge >= 0.3 is 0 Å². The Morgan fingerprint density at radius 2 is 1.72 bits per heavy atom. The highest BCUT2D eigenvalue weighted by atomic mass is 19.1. The Morgan fingerprint density at radius 1 is 0.960 bits per heavy atom. The van der Waals surface area contributed by atoms with E-state index < -0.39 is 0 Å². The van der Waals surface area contributed by atoms with Crippen molar-refractivity contribution in [1.82, 2.24) is 9.97 Å². The number of anilines is 3. The first-order valence-corrected chi connectivity index (χ1v) is 8.18. The monoisotopic (exact) mass is 336 g/mol. The van der Waals surface area contributed by atoms with Gasteiger partial charge in [0.2, 0.25) is 5.95 Å². The van der Waals surface area contributed by atoms with Crippen LogP contribution in [0.3, 0.4) is 0 Å². The van der Waals surface area contributed by atoms with Gasteiger partial charge in [-0.3, -0.25) is 0 Å². The van der Waals surface area contributed by atoms with Crippen molar-refractivity contribution in [2.24, 2.45) is 0 Å². The lowest BCUT2D eigenvalue weighted by atomic mass is 10.1. The SMILES string of the molecule is Cc1cc(Nc2cccc(C)c2C)nc(NCc2ccc(F)cc2)n1. The summed E-state index contributed by atoms with van der Waals surface area (Å²) in [5.74, 6) is 1.04. The van der Waals surface area contributed by atoms with E-state index in [2.05, 4.69) is 40.5 Å². The van der Waals surface area contributed by atoms with Crippen LogP contribution >= 0.6 is 0 Å². The van der Waals surface area contributed by atoms with E-state index >= 15 is 0 Å². The molecule has 0 aliphatic carbocycles. The molecule has 128 valence electrons. The predicted octanol–water partition coefficient (Wildman–Crippen LogP) is 4.90. The van der Waals surface area contributed by atoms with Crippen molar-refractivity contribution < 1.29 is 4.39 Å². The number of hydrogen-bond acceptors (Lipinski definition) is 4. The first kappa shape index (κ1) is 16.9. The summed E-state index contributed by atoms with van der Waals surface area (Å²) in [5, 5.41) is 6.55. The zero-order chi connectivity index (χ0) is 17.8. The minimum Gasteiger partial charge on any atom is -0.350 e. The molecule has 0 atom stereocenters. The van der Waals surface area contributed by atoms with E-state index in [1.807, 2.05) is 25.1 Å². The lowest BCUT2D eigenvalue weighted by molar-refractivity contribution is 0.627. The van der Waals surface area contributed by atoms with Crippen LogP contribution in [0.4, 0.5) is 21.8 Å². The molecule has 2 N–H and O–H groups in total.